The van der Waals surface area contributed by atoms with Crippen LogP contribution in [0.3, 0.4) is 0 Å². The van der Waals surface area contributed by atoms with E-state index in [0.717, 1.165) is 12.1 Å². The molecule has 8 nitrogen and oxygen atoms in total. The van der Waals surface area contributed by atoms with Crippen LogP contribution in [0.4, 0.5) is 0 Å². The van der Waals surface area contributed by atoms with Crippen LogP contribution in [-0.2, 0) is 6.42 Å². The third kappa shape index (κ3) is 5.44. The number of hydrogen-bond acceptors (Lipinski definition) is 8. The lowest BCUT2D eigenvalue weighted by atomic mass is 10.1. The van der Waals surface area contributed by atoms with E-state index in [9.17, 15) is 19.8 Å². The molecule has 144 valence electrons. The molecule has 0 atom stereocenters. The third-order valence-electron chi connectivity index (χ3n) is 3.62. The second-order valence-corrected chi connectivity index (χ2v) is 5.55. The Hall–Kier alpha value is -3.10. The molecule has 0 saturated heterocycles. The lowest BCUT2D eigenvalue weighted by Gasteiger charge is -2.06. The third-order valence-corrected chi connectivity index (χ3v) is 3.62. The molecule has 0 radical (unpaired) electrons. The minimum Gasteiger partial charge on any atom is -0.508 e. The summed E-state index contributed by atoms with van der Waals surface area (Å²) in [7, 11) is 0. The van der Waals surface area contributed by atoms with Gasteiger partial charge in [0.25, 0.3) is 0 Å². The lowest BCUT2D eigenvalue weighted by molar-refractivity contribution is 0.200. The summed E-state index contributed by atoms with van der Waals surface area (Å²) in [5, 5.41) is 38.1. The van der Waals surface area contributed by atoms with Crippen molar-refractivity contribution in [3.05, 3.63) is 68.0 Å². The Morgan fingerprint density at radius 3 is 1.48 bits per heavy atom. The Labute approximate surface area is 154 Å². The van der Waals surface area contributed by atoms with Gasteiger partial charge in [0, 0.05) is 17.5 Å². The van der Waals surface area contributed by atoms with Crippen molar-refractivity contribution in [2.75, 3.05) is 26.4 Å². The fourth-order valence-corrected chi connectivity index (χ4v) is 2.32. The quantitative estimate of drug-likeness (QED) is 0.512. The lowest BCUT2D eigenvalue weighted by Crippen LogP contribution is -2.09. The fourth-order valence-electron chi connectivity index (χ4n) is 2.32. The highest BCUT2D eigenvalue weighted by Crippen LogP contribution is 2.26. The van der Waals surface area contributed by atoms with E-state index in [1.54, 1.807) is 0 Å². The van der Waals surface area contributed by atoms with E-state index in [1.807, 2.05) is 0 Å². The van der Waals surface area contributed by atoms with Gasteiger partial charge in [-0.3, -0.25) is 9.59 Å². The minimum atomic E-state index is -0.485. The Balaban J connectivity index is 2.50. The first-order valence-corrected chi connectivity index (χ1v) is 8.16. The number of aliphatic hydroxyl groups is 2. The maximum absolute atomic E-state index is 12.0. The summed E-state index contributed by atoms with van der Waals surface area (Å²) in [6.45, 7) is -0.758. The molecule has 0 aliphatic rings. The number of aromatic hydroxyl groups is 2. The Morgan fingerprint density at radius 2 is 1.11 bits per heavy atom. The molecule has 0 unspecified atom stereocenters. The maximum Gasteiger partial charge on any atom is 0.220 e. The maximum atomic E-state index is 12.0. The van der Waals surface area contributed by atoms with Crippen LogP contribution in [0.5, 0.6) is 23.0 Å². The summed E-state index contributed by atoms with van der Waals surface area (Å²) < 4.78 is 10.4. The van der Waals surface area contributed by atoms with E-state index in [4.69, 9.17) is 19.7 Å². The zero-order valence-corrected chi connectivity index (χ0v) is 14.4. The Bertz CT molecular complexity index is 836. The highest BCUT2D eigenvalue weighted by molar-refractivity contribution is 5.45. The summed E-state index contributed by atoms with van der Waals surface area (Å²) in [5.74, 6) is -0.560. The Morgan fingerprint density at radius 1 is 0.704 bits per heavy atom. The topological polar surface area (TPSA) is 134 Å². The SMILES string of the molecule is O=c1ccc(O)c(Cc2cc(OCCO)c(=O)ccc2O)cc1OCCO. The van der Waals surface area contributed by atoms with Gasteiger partial charge in [0.05, 0.1) is 13.2 Å². The number of rotatable bonds is 8. The molecule has 4 N–H and O–H groups in total. The predicted octanol–water partition coefficient (Wildman–Crippen LogP) is 0.151. The fraction of sp³-hybridized carbons (Fsp3) is 0.263. The number of aliphatic hydroxyl groups excluding tert-OH is 2. The summed E-state index contributed by atoms with van der Waals surface area (Å²) >= 11 is 0. The first-order valence-electron chi connectivity index (χ1n) is 8.16. The van der Waals surface area contributed by atoms with Gasteiger partial charge in [-0.05, 0) is 36.4 Å². The van der Waals surface area contributed by atoms with Crippen LogP contribution in [0.1, 0.15) is 11.1 Å². The molecule has 0 aromatic heterocycles. The van der Waals surface area contributed by atoms with Crippen LogP contribution in [0, 0.1) is 0 Å². The van der Waals surface area contributed by atoms with Crippen molar-refractivity contribution in [1.29, 1.82) is 0 Å². The molecule has 0 saturated carbocycles. The number of ether oxygens (including phenoxy) is 2. The van der Waals surface area contributed by atoms with Crippen LogP contribution in [-0.4, -0.2) is 46.9 Å². The summed E-state index contributed by atoms with van der Waals surface area (Å²) in [6, 6.07) is 7.28. The van der Waals surface area contributed by atoms with Crippen molar-refractivity contribution >= 4 is 0 Å². The van der Waals surface area contributed by atoms with Crippen molar-refractivity contribution in [2.24, 2.45) is 0 Å². The van der Waals surface area contributed by atoms with Gasteiger partial charge < -0.3 is 29.9 Å². The largest absolute Gasteiger partial charge is 0.508 e. The van der Waals surface area contributed by atoms with Crippen molar-refractivity contribution in [3.8, 4) is 23.0 Å². The van der Waals surface area contributed by atoms with Gasteiger partial charge in [0.15, 0.2) is 11.5 Å². The Kier molecular flexibility index (Phi) is 7.16. The van der Waals surface area contributed by atoms with Crippen LogP contribution < -0.4 is 20.3 Å². The van der Waals surface area contributed by atoms with E-state index in [2.05, 4.69) is 0 Å². The van der Waals surface area contributed by atoms with E-state index in [1.165, 1.54) is 24.3 Å². The van der Waals surface area contributed by atoms with Gasteiger partial charge in [0.2, 0.25) is 10.9 Å². The zero-order chi connectivity index (χ0) is 19.8. The van der Waals surface area contributed by atoms with Crippen LogP contribution in [0.25, 0.3) is 0 Å². The van der Waals surface area contributed by atoms with E-state index < -0.39 is 10.9 Å². The van der Waals surface area contributed by atoms with Gasteiger partial charge >= 0.3 is 0 Å². The highest BCUT2D eigenvalue weighted by Gasteiger charge is 2.11. The second-order valence-electron chi connectivity index (χ2n) is 5.55. The standard InChI is InChI=1S/C19H20O8/c20-5-7-26-18-10-12(14(22)1-3-16(18)24)9-13-11-19(27-8-6-21)17(25)4-2-15(13)23/h1-4,10-11,20-23H,5-9H2. The predicted molar refractivity (Wildman–Crippen MR) is 96.7 cm³/mol. The molecular formula is C19H20O8. The zero-order valence-electron chi connectivity index (χ0n) is 14.4. The van der Waals surface area contributed by atoms with E-state index in [0.29, 0.717) is 0 Å². The molecule has 0 aliphatic heterocycles. The summed E-state index contributed by atoms with van der Waals surface area (Å²) in [4.78, 5) is 23.9. The molecule has 0 spiro atoms. The van der Waals surface area contributed by atoms with E-state index in [-0.39, 0.29) is 67.0 Å². The molecule has 0 aliphatic carbocycles. The molecule has 0 fully saturated rings. The van der Waals surface area contributed by atoms with Gasteiger partial charge in [-0.1, -0.05) is 0 Å². The van der Waals surface area contributed by atoms with E-state index >= 15 is 0 Å². The minimum absolute atomic E-state index is 0.0368. The molecule has 0 amide bonds. The highest BCUT2D eigenvalue weighted by atomic mass is 16.5. The first kappa shape index (κ1) is 20.2. The van der Waals surface area contributed by atoms with Gasteiger partial charge in [-0.2, -0.15) is 0 Å². The molecule has 8 heteroatoms. The van der Waals surface area contributed by atoms with Crippen molar-refractivity contribution in [2.45, 2.75) is 6.42 Å². The smallest absolute Gasteiger partial charge is 0.220 e. The molecule has 0 bridgehead atoms. The summed E-state index contributed by atoms with van der Waals surface area (Å²) in [5.41, 5.74) is -0.456. The molecular weight excluding hydrogens is 356 g/mol. The molecule has 27 heavy (non-hydrogen) atoms. The van der Waals surface area contributed by atoms with Gasteiger partial charge in [-0.25, -0.2) is 0 Å². The van der Waals surface area contributed by atoms with Crippen LogP contribution in [0.2, 0.25) is 0 Å². The second kappa shape index (κ2) is 9.56. The normalized spacial score (nSPS) is 10.4. The monoisotopic (exact) mass is 376 g/mol. The van der Waals surface area contributed by atoms with Gasteiger partial charge in [0.1, 0.15) is 24.7 Å². The molecule has 2 aromatic carbocycles. The molecule has 2 rings (SSSR count). The summed E-state index contributed by atoms with van der Waals surface area (Å²) in [6.07, 6.45) is -0.0368. The van der Waals surface area contributed by atoms with Crippen molar-refractivity contribution in [3.63, 3.8) is 0 Å². The molecule has 2 aromatic rings. The van der Waals surface area contributed by atoms with Crippen LogP contribution in [0.15, 0.2) is 46.0 Å². The average molecular weight is 376 g/mol. The van der Waals surface area contributed by atoms with Crippen LogP contribution >= 0.6 is 0 Å². The van der Waals surface area contributed by atoms with Crippen molar-refractivity contribution < 1.29 is 29.9 Å². The number of hydrogen-bond donors (Lipinski definition) is 4. The molecule has 0 heterocycles. The first-order chi connectivity index (χ1) is 13.0. The van der Waals surface area contributed by atoms with Crippen molar-refractivity contribution in [1.82, 2.24) is 0 Å². The van der Waals surface area contributed by atoms with Gasteiger partial charge in [-0.15, -0.1) is 0 Å². The average Bonchev–Trinajstić information content (AvgIpc) is 2.87.